The number of benzene rings is 2. The Balaban J connectivity index is 1.46. The minimum absolute atomic E-state index is 0.0220. The van der Waals surface area contributed by atoms with Crippen LogP contribution in [0.5, 0.6) is 5.75 Å². The van der Waals surface area contributed by atoms with E-state index in [0.717, 1.165) is 11.1 Å². The first-order chi connectivity index (χ1) is 15.5. The van der Waals surface area contributed by atoms with Gasteiger partial charge in [-0.1, -0.05) is 0 Å². The summed E-state index contributed by atoms with van der Waals surface area (Å²) in [6, 6.07) is 11.0. The van der Waals surface area contributed by atoms with Gasteiger partial charge in [0.1, 0.15) is 18.1 Å². The van der Waals surface area contributed by atoms with E-state index in [2.05, 4.69) is 10.6 Å². The molecule has 1 aromatic heterocycles. The van der Waals surface area contributed by atoms with Crippen molar-refractivity contribution in [1.82, 2.24) is 14.8 Å². The Morgan fingerprint density at radius 3 is 2.59 bits per heavy atom. The Morgan fingerprint density at radius 2 is 1.88 bits per heavy atom. The Kier molecular flexibility index (Phi) is 6.55. The van der Waals surface area contributed by atoms with Crippen LogP contribution in [0.3, 0.4) is 0 Å². The van der Waals surface area contributed by atoms with Crippen molar-refractivity contribution >= 4 is 28.5 Å². The molecule has 1 aliphatic heterocycles. The Morgan fingerprint density at radius 1 is 1.12 bits per heavy atom. The van der Waals surface area contributed by atoms with Gasteiger partial charge in [0.05, 0.1) is 20.3 Å². The molecule has 32 heavy (non-hydrogen) atoms. The lowest BCUT2D eigenvalue weighted by molar-refractivity contribution is -0.135. The molecule has 0 spiro atoms. The van der Waals surface area contributed by atoms with Crippen molar-refractivity contribution in [2.24, 2.45) is 0 Å². The third-order valence-corrected chi connectivity index (χ3v) is 5.38. The fourth-order valence-corrected chi connectivity index (χ4v) is 3.70. The van der Waals surface area contributed by atoms with Crippen molar-refractivity contribution in [3.8, 4) is 5.75 Å². The van der Waals surface area contributed by atoms with Gasteiger partial charge in [0.2, 0.25) is 5.91 Å². The first kappa shape index (κ1) is 21.6. The molecule has 0 radical (unpaired) electrons. The molecule has 1 fully saturated rings. The van der Waals surface area contributed by atoms with Crippen LogP contribution in [0.4, 0.5) is 14.9 Å². The molecule has 0 saturated carbocycles. The molecule has 4 rings (SSSR count). The first-order valence-corrected chi connectivity index (χ1v) is 10.3. The summed E-state index contributed by atoms with van der Waals surface area (Å²) in [4.78, 5) is 26.8. The van der Waals surface area contributed by atoms with Gasteiger partial charge in [0, 0.05) is 42.4 Å². The quantitative estimate of drug-likeness (QED) is 0.617. The molecule has 0 unspecified atom stereocenters. The maximum absolute atomic E-state index is 13.9. The number of aromatic nitrogens is 1. The second kappa shape index (κ2) is 9.69. The van der Waals surface area contributed by atoms with Crippen molar-refractivity contribution in [3.63, 3.8) is 0 Å². The van der Waals surface area contributed by atoms with Gasteiger partial charge in [-0.2, -0.15) is 0 Å². The van der Waals surface area contributed by atoms with Gasteiger partial charge in [0.25, 0.3) is 0 Å². The van der Waals surface area contributed by atoms with E-state index in [4.69, 9.17) is 9.47 Å². The average Bonchev–Trinajstić information content (AvgIpc) is 3.15. The van der Waals surface area contributed by atoms with Crippen molar-refractivity contribution in [3.05, 3.63) is 60.0 Å². The maximum Gasteiger partial charge on any atom is 0.319 e. The number of carbonyl (C=O) groups is 2. The minimum Gasteiger partial charge on any atom is -0.497 e. The molecule has 3 amide bonds. The number of hydrogen-bond donors (Lipinski definition) is 2. The summed E-state index contributed by atoms with van der Waals surface area (Å²) in [6.45, 7) is 2.50. The number of nitrogens with zero attached hydrogens (tertiary/aromatic N) is 2. The predicted octanol–water partition coefficient (Wildman–Crippen LogP) is 2.97. The van der Waals surface area contributed by atoms with Crippen LogP contribution in [0.1, 0.15) is 5.56 Å². The van der Waals surface area contributed by atoms with Crippen LogP contribution in [-0.2, 0) is 22.6 Å². The molecule has 1 saturated heterocycles. The fraction of sp³-hybridized carbons (Fsp3) is 0.304. The molecule has 3 aromatic rings. The number of anilines is 1. The highest BCUT2D eigenvalue weighted by Crippen LogP contribution is 2.23. The van der Waals surface area contributed by atoms with Crippen LogP contribution in [-0.4, -0.2) is 54.8 Å². The van der Waals surface area contributed by atoms with Crippen LogP contribution in [0.15, 0.2) is 48.7 Å². The molecule has 8 nitrogen and oxygen atoms in total. The molecule has 168 valence electrons. The number of nitrogens with one attached hydrogen (secondary N) is 2. The number of fused-ring (bicyclic) bond motifs is 1. The molecule has 0 atom stereocenters. The van der Waals surface area contributed by atoms with Gasteiger partial charge in [0.15, 0.2) is 0 Å². The van der Waals surface area contributed by atoms with Crippen molar-refractivity contribution in [2.75, 3.05) is 38.7 Å². The maximum atomic E-state index is 13.9. The number of carbonyl (C=O) groups excluding carboxylic acids is 2. The van der Waals surface area contributed by atoms with E-state index >= 15 is 0 Å². The van der Waals surface area contributed by atoms with Crippen LogP contribution in [0.25, 0.3) is 10.9 Å². The number of hydrogen-bond acceptors (Lipinski definition) is 4. The monoisotopic (exact) mass is 440 g/mol. The predicted molar refractivity (Wildman–Crippen MR) is 118 cm³/mol. The van der Waals surface area contributed by atoms with Crippen molar-refractivity contribution < 1.29 is 23.5 Å². The molecule has 2 aromatic carbocycles. The standard InChI is InChI=1S/C23H25FN4O4/c1-31-19-5-3-18(4-6-19)26-23(30)25-13-16-14-28(21-7-2-17(24)12-20(16)21)15-22(29)27-8-10-32-11-9-27/h2-7,12,14H,8-11,13,15H2,1H3,(H2,25,26,30). The summed E-state index contributed by atoms with van der Waals surface area (Å²) in [5.74, 6) is 0.294. The number of ether oxygens (including phenoxy) is 2. The number of morpholine rings is 1. The second-order valence-corrected chi connectivity index (χ2v) is 7.47. The normalized spacial score (nSPS) is 13.8. The molecule has 9 heteroatoms. The third-order valence-electron chi connectivity index (χ3n) is 5.38. The summed E-state index contributed by atoms with van der Waals surface area (Å²) in [5, 5.41) is 6.19. The SMILES string of the molecule is COc1ccc(NC(=O)NCc2cn(CC(=O)N3CCOCC3)c3ccc(F)cc23)cc1. The van der Waals surface area contributed by atoms with E-state index in [0.29, 0.717) is 43.1 Å². The molecule has 2 N–H and O–H groups in total. The minimum atomic E-state index is -0.392. The zero-order chi connectivity index (χ0) is 22.5. The van der Waals surface area contributed by atoms with Gasteiger partial charge in [-0.25, -0.2) is 9.18 Å². The van der Waals surface area contributed by atoms with Gasteiger partial charge in [-0.3, -0.25) is 4.79 Å². The number of methoxy groups -OCH3 is 1. The van der Waals surface area contributed by atoms with Crippen LogP contribution in [0.2, 0.25) is 0 Å². The lowest BCUT2D eigenvalue weighted by atomic mass is 10.1. The van der Waals surface area contributed by atoms with Crippen LogP contribution in [0, 0.1) is 5.82 Å². The largest absolute Gasteiger partial charge is 0.497 e. The first-order valence-electron chi connectivity index (χ1n) is 10.3. The number of urea groups is 1. The van der Waals surface area contributed by atoms with E-state index in [1.165, 1.54) is 12.1 Å². The number of amides is 3. The summed E-state index contributed by atoms with van der Waals surface area (Å²) >= 11 is 0. The Labute approximate surface area is 184 Å². The highest BCUT2D eigenvalue weighted by atomic mass is 19.1. The lowest BCUT2D eigenvalue weighted by Crippen LogP contribution is -2.42. The van der Waals surface area contributed by atoms with Crippen LogP contribution >= 0.6 is 0 Å². The van der Waals surface area contributed by atoms with Gasteiger partial charge >= 0.3 is 6.03 Å². The molecular formula is C23H25FN4O4. The molecule has 2 heterocycles. The van der Waals surface area contributed by atoms with E-state index in [-0.39, 0.29) is 24.8 Å². The Hall–Kier alpha value is -3.59. The van der Waals surface area contributed by atoms with E-state index in [1.54, 1.807) is 53.1 Å². The molecule has 0 bridgehead atoms. The fourth-order valence-electron chi connectivity index (χ4n) is 3.70. The smallest absolute Gasteiger partial charge is 0.319 e. The van der Waals surface area contributed by atoms with E-state index < -0.39 is 6.03 Å². The summed E-state index contributed by atoms with van der Waals surface area (Å²) in [5.41, 5.74) is 2.08. The average molecular weight is 440 g/mol. The van der Waals surface area contributed by atoms with Crippen molar-refractivity contribution in [2.45, 2.75) is 13.1 Å². The molecule has 1 aliphatic rings. The van der Waals surface area contributed by atoms with Gasteiger partial charge in [-0.15, -0.1) is 0 Å². The molecular weight excluding hydrogens is 415 g/mol. The van der Waals surface area contributed by atoms with Crippen LogP contribution < -0.4 is 15.4 Å². The summed E-state index contributed by atoms with van der Waals surface area (Å²) in [6.07, 6.45) is 1.79. The van der Waals surface area contributed by atoms with Gasteiger partial charge < -0.3 is 29.6 Å². The topological polar surface area (TPSA) is 84.8 Å². The Bertz CT molecular complexity index is 1110. The lowest BCUT2D eigenvalue weighted by Gasteiger charge is -2.27. The zero-order valence-electron chi connectivity index (χ0n) is 17.8. The number of rotatable bonds is 6. The zero-order valence-corrected chi connectivity index (χ0v) is 17.8. The van der Waals surface area contributed by atoms with Gasteiger partial charge in [-0.05, 0) is 48.0 Å². The second-order valence-electron chi connectivity index (χ2n) is 7.47. The van der Waals surface area contributed by atoms with E-state index in [1.807, 2.05) is 0 Å². The summed E-state index contributed by atoms with van der Waals surface area (Å²) in [7, 11) is 1.57. The van der Waals surface area contributed by atoms with Crippen molar-refractivity contribution in [1.29, 1.82) is 0 Å². The third kappa shape index (κ3) is 5.00. The highest BCUT2D eigenvalue weighted by Gasteiger charge is 2.19. The highest BCUT2D eigenvalue weighted by molar-refractivity contribution is 5.90. The summed E-state index contributed by atoms with van der Waals surface area (Å²) < 4.78 is 26.1. The number of halogens is 1. The van der Waals surface area contributed by atoms with E-state index in [9.17, 15) is 14.0 Å². The molecule has 0 aliphatic carbocycles.